The summed E-state index contributed by atoms with van der Waals surface area (Å²) >= 11 is 0. The number of hydrogen-bond acceptors (Lipinski definition) is 5. The predicted octanol–water partition coefficient (Wildman–Crippen LogP) is 1.05. The van der Waals surface area contributed by atoms with Gasteiger partial charge in [-0.1, -0.05) is 0 Å². The topological polar surface area (TPSA) is 95.4 Å². The standard InChI is InChI=1S/C13H18N4O3/c1-14-11-8-15-7-9(16-11)10-3-2-6-17(10)12(18)4-5-13(19)20/h7-8,10H,2-6H2,1H3,(H,14,16)(H,19,20). The maximum absolute atomic E-state index is 12.1. The van der Waals surface area contributed by atoms with Crippen LogP contribution in [0.5, 0.6) is 0 Å². The Morgan fingerprint density at radius 1 is 1.45 bits per heavy atom. The molecule has 0 radical (unpaired) electrons. The summed E-state index contributed by atoms with van der Waals surface area (Å²) in [6.07, 6.45) is 4.91. The Bertz CT molecular complexity index is 506. The van der Waals surface area contributed by atoms with E-state index >= 15 is 0 Å². The van der Waals surface area contributed by atoms with E-state index in [9.17, 15) is 9.59 Å². The fourth-order valence-corrected chi connectivity index (χ4v) is 2.39. The number of carbonyl (C=O) groups is 2. The Labute approximate surface area is 117 Å². The molecule has 1 aromatic heterocycles. The first-order chi connectivity index (χ1) is 9.61. The lowest BCUT2D eigenvalue weighted by Crippen LogP contribution is -2.31. The Morgan fingerprint density at radius 3 is 2.95 bits per heavy atom. The molecule has 0 spiro atoms. The maximum atomic E-state index is 12.1. The molecule has 1 amide bonds. The molecule has 0 saturated carbocycles. The molecule has 1 saturated heterocycles. The molecule has 0 aliphatic carbocycles. The third-order valence-electron chi connectivity index (χ3n) is 3.38. The molecule has 0 aromatic carbocycles. The Hall–Kier alpha value is -2.18. The molecule has 108 valence electrons. The summed E-state index contributed by atoms with van der Waals surface area (Å²) < 4.78 is 0. The highest BCUT2D eigenvalue weighted by atomic mass is 16.4. The van der Waals surface area contributed by atoms with Crippen LogP contribution in [-0.4, -0.2) is 45.4 Å². The van der Waals surface area contributed by atoms with Crippen LogP contribution in [0, 0.1) is 0 Å². The van der Waals surface area contributed by atoms with Gasteiger partial charge in [0.15, 0.2) is 0 Å². The number of amides is 1. The van der Waals surface area contributed by atoms with Crippen molar-refractivity contribution in [1.29, 1.82) is 0 Å². The Kier molecular flexibility index (Phi) is 4.49. The normalized spacial score (nSPS) is 18.1. The average Bonchev–Trinajstić information content (AvgIpc) is 2.94. The van der Waals surface area contributed by atoms with Crippen molar-refractivity contribution in [2.75, 3.05) is 18.9 Å². The van der Waals surface area contributed by atoms with Crippen molar-refractivity contribution in [2.24, 2.45) is 0 Å². The molecule has 2 N–H and O–H groups in total. The number of anilines is 1. The second kappa shape index (κ2) is 6.31. The molecule has 1 atom stereocenters. The third-order valence-corrected chi connectivity index (χ3v) is 3.38. The summed E-state index contributed by atoms with van der Waals surface area (Å²) in [6.45, 7) is 0.647. The zero-order valence-electron chi connectivity index (χ0n) is 11.4. The first kappa shape index (κ1) is 14.2. The highest BCUT2D eigenvalue weighted by Crippen LogP contribution is 2.31. The number of nitrogens with zero attached hydrogens (tertiary/aromatic N) is 3. The molecule has 1 aliphatic heterocycles. The van der Waals surface area contributed by atoms with E-state index in [1.165, 1.54) is 0 Å². The van der Waals surface area contributed by atoms with Gasteiger partial charge in [0.1, 0.15) is 5.82 Å². The van der Waals surface area contributed by atoms with Crippen molar-refractivity contribution in [2.45, 2.75) is 31.7 Å². The highest BCUT2D eigenvalue weighted by Gasteiger charge is 2.31. The van der Waals surface area contributed by atoms with Crippen LogP contribution in [-0.2, 0) is 9.59 Å². The van der Waals surface area contributed by atoms with Crippen LogP contribution in [0.1, 0.15) is 37.4 Å². The summed E-state index contributed by atoms with van der Waals surface area (Å²) in [7, 11) is 1.76. The molecular formula is C13H18N4O3. The van der Waals surface area contributed by atoms with E-state index < -0.39 is 5.97 Å². The van der Waals surface area contributed by atoms with Gasteiger partial charge in [-0.3, -0.25) is 14.6 Å². The third kappa shape index (κ3) is 3.23. The summed E-state index contributed by atoms with van der Waals surface area (Å²) in [5, 5.41) is 11.6. The van der Waals surface area contributed by atoms with Crippen LogP contribution in [0.3, 0.4) is 0 Å². The molecule has 20 heavy (non-hydrogen) atoms. The van der Waals surface area contributed by atoms with Crippen molar-refractivity contribution in [3.63, 3.8) is 0 Å². The fourth-order valence-electron chi connectivity index (χ4n) is 2.39. The van der Waals surface area contributed by atoms with Gasteiger partial charge < -0.3 is 15.3 Å². The SMILES string of the molecule is CNc1cncc(C2CCCN2C(=O)CCC(=O)O)n1. The lowest BCUT2D eigenvalue weighted by Gasteiger charge is -2.24. The minimum Gasteiger partial charge on any atom is -0.481 e. The summed E-state index contributed by atoms with van der Waals surface area (Å²) in [6, 6.07) is -0.0999. The van der Waals surface area contributed by atoms with Crippen molar-refractivity contribution >= 4 is 17.7 Å². The van der Waals surface area contributed by atoms with Crippen molar-refractivity contribution in [3.05, 3.63) is 18.1 Å². The molecule has 1 fully saturated rings. The van der Waals surface area contributed by atoms with Crippen molar-refractivity contribution < 1.29 is 14.7 Å². The quantitative estimate of drug-likeness (QED) is 0.835. The van der Waals surface area contributed by atoms with E-state index in [0.29, 0.717) is 12.4 Å². The van der Waals surface area contributed by atoms with Gasteiger partial charge >= 0.3 is 5.97 Å². The van der Waals surface area contributed by atoms with E-state index in [1.54, 1.807) is 24.3 Å². The van der Waals surface area contributed by atoms with E-state index in [1.807, 2.05) is 0 Å². The molecular weight excluding hydrogens is 260 g/mol. The van der Waals surface area contributed by atoms with Crippen LogP contribution >= 0.6 is 0 Å². The first-order valence-corrected chi connectivity index (χ1v) is 6.62. The summed E-state index contributed by atoms with van der Waals surface area (Å²) in [5.74, 6) is -0.426. The van der Waals surface area contributed by atoms with E-state index in [4.69, 9.17) is 5.11 Å². The van der Waals surface area contributed by atoms with Gasteiger partial charge in [-0.25, -0.2) is 4.98 Å². The number of aliphatic carboxylic acids is 1. The largest absolute Gasteiger partial charge is 0.481 e. The van der Waals surface area contributed by atoms with Crippen LogP contribution in [0.4, 0.5) is 5.82 Å². The smallest absolute Gasteiger partial charge is 0.303 e. The van der Waals surface area contributed by atoms with Gasteiger partial charge in [0, 0.05) is 20.0 Å². The molecule has 7 heteroatoms. The number of rotatable bonds is 5. The average molecular weight is 278 g/mol. The number of aromatic nitrogens is 2. The number of carboxylic acid groups (broad SMARTS) is 1. The fraction of sp³-hybridized carbons (Fsp3) is 0.538. The van der Waals surface area contributed by atoms with E-state index in [0.717, 1.165) is 18.5 Å². The zero-order chi connectivity index (χ0) is 14.5. The lowest BCUT2D eigenvalue weighted by atomic mass is 10.1. The molecule has 0 bridgehead atoms. The van der Waals surface area contributed by atoms with Gasteiger partial charge in [0.2, 0.25) is 5.91 Å². The number of hydrogen-bond donors (Lipinski definition) is 2. The molecule has 2 heterocycles. The van der Waals surface area contributed by atoms with Crippen LogP contribution in [0.25, 0.3) is 0 Å². The minimum absolute atomic E-state index is 0.0327. The van der Waals surface area contributed by atoms with Gasteiger partial charge in [-0.15, -0.1) is 0 Å². The second-order valence-corrected chi connectivity index (χ2v) is 4.72. The molecule has 2 rings (SSSR count). The van der Waals surface area contributed by atoms with Gasteiger partial charge in [0.05, 0.1) is 30.6 Å². The van der Waals surface area contributed by atoms with Crippen LogP contribution < -0.4 is 5.32 Å². The predicted molar refractivity (Wildman–Crippen MR) is 72.1 cm³/mol. The summed E-state index contributed by atoms with van der Waals surface area (Å²) in [4.78, 5) is 32.9. The minimum atomic E-state index is -0.953. The van der Waals surface area contributed by atoms with Gasteiger partial charge in [0.25, 0.3) is 0 Å². The number of nitrogens with one attached hydrogen (secondary N) is 1. The highest BCUT2D eigenvalue weighted by molar-refractivity contribution is 5.81. The van der Waals surface area contributed by atoms with Crippen LogP contribution in [0.15, 0.2) is 12.4 Å². The van der Waals surface area contributed by atoms with Gasteiger partial charge in [-0.05, 0) is 12.8 Å². The number of likely N-dealkylation sites (tertiary alicyclic amines) is 1. The van der Waals surface area contributed by atoms with E-state index in [2.05, 4.69) is 15.3 Å². The molecule has 7 nitrogen and oxygen atoms in total. The van der Waals surface area contributed by atoms with Crippen molar-refractivity contribution in [1.82, 2.24) is 14.9 Å². The zero-order valence-corrected chi connectivity index (χ0v) is 11.4. The number of carbonyl (C=O) groups excluding carboxylic acids is 1. The second-order valence-electron chi connectivity index (χ2n) is 4.72. The number of carboxylic acids is 1. The van der Waals surface area contributed by atoms with Crippen LogP contribution in [0.2, 0.25) is 0 Å². The maximum Gasteiger partial charge on any atom is 0.303 e. The van der Waals surface area contributed by atoms with E-state index in [-0.39, 0.29) is 24.8 Å². The van der Waals surface area contributed by atoms with Gasteiger partial charge in [-0.2, -0.15) is 0 Å². The molecule has 1 unspecified atom stereocenters. The molecule has 1 aromatic rings. The monoisotopic (exact) mass is 278 g/mol. The first-order valence-electron chi connectivity index (χ1n) is 6.62. The van der Waals surface area contributed by atoms with Crippen molar-refractivity contribution in [3.8, 4) is 0 Å². The molecule has 1 aliphatic rings. The summed E-state index contributed by atoms with van der Waals surface area (Å²) in [5.41, 5.74) is 0.748. The Balaban J connectivity index is 2.09. The lowest BCUT2D eigenvalue weighted by molar-refractivity contribution is -0.141. The Morgan fingerprint density at radius 2 is 2.25 bits per heavy atom.